The van der Waals surface area contributed by atoms with Crippen molar-refractivity contribution < 1.29 is 34.1 Å². The van der Waals surface area contributed by atoms with Gasteiger partial charge in [0.25, 0.3) is 0 Å². The molecule has 0 spiro atoms. The highest BCUT2D eigenvalue weighted by molar-refractivity contribution is 6.31. The van der Waals surface area contributed by atoms with Gasteiger partial charge in [0.1, 0.15) is 0 Å². The van der Waals surface area contributed by atoms with Crippen molar-refractivity contribution in [2.75, 3.05) is 27.0 Å². The highest BCUT2D eigenvalue weighted by Gasteiger charge is 2.20. The van der Waals surface area contributed by atoms with Crippen LogP contribution in [0.3, 0.4) is 0 Å². The second-order valence-corrected chi connectivity index (χ2v) is 7.89. The van der Waals surface area contributed by atoms with Crippen molar-refractivity contribution in [3.05, 3.63) is 58.1 Å². The Bertz CT molecular complexity index is 880. The Morgan fingerprint density at radius 1 is 1.06 bits per heavy atom. The van der Waals surface area contributed by atoms with Crippen molar-refractivity contribution in [3.8, 4) is 11.5 Å². The summed E-state index contributed by atoms with van der Waals surface area (Å²) in [6.45, 7) is 1.87. The number of hydrogen-bond acceptors (Lipinski definition) is 6. The first kappa shape index (κ1) is 25.7. The molecule has 1 atom stereocenters. The largest absolute Gasteiger partial charge is 0.493 e. The fourth-order valence-corrected chi connectivity index (χ4v) is 3.40. The Labute approximate surface area is 196 Å². The van der Waals surface area contributed by atoms with Gasteiger partial charge in [-0.1, -0.05) is 35.3 Å². The van der Waals surface area contributed by atoms with Crippen molar-refractivity contribution in [1.29, 1.82) is 0 Å². The van der Waals surface area contributed by atoms with Crippen LogP contribution >= 0.6 is 23.2 Å². The van der Waals surface area contributed by atoms with Crippen LogP contribution in [0.4, 0.5) is 0 Å². The first-order valence-corrected chi connectivity index (χ1v) is 10.6. The number of halogens is 2. The highest BCUT2D eigenvalue weighted by atomic mass is 35.5. The molecule has 1 fully saturated rings. The van der Waals surface area contributed by atoms with Gasteiger partial charge in [-0.3, -0.25) is 4.84 Å². The molecule has 3 rings (SSSR count). The van der Waals surface area contributed by atoms with Crippen LogP contribution in [0.15, 0.2) is 42.5 Å². The van der Waals surface area contributed by atoms with E-state index in [1.807, 2.05) is 23.3 Å². The molecule has 0 amide bonds. The average molecular weight is 486 g/mol. The summed E-state index contributed by atoms with van der Waals surface area (Å²) in [4.78, 5) is 24.0. The Hall–Kier alpha value is -2.52. The summed E-state index contributed by atoms with van der Waals surface area (Å²) in [5, 5.41) is 18.1. The second-order valence-electron chi connectivity index (χ2n) is 7.02. The molecule has 0 aromatic heterocycles. The van der Waals surface area contributed by atoms with Crippen molar-refractivity contribution in [3.63, 3.8) is 0 Å². The number of ether oxygens (including phenoxy) is 2. The van der Waals surface area contributed by atoms with E-state index in [2.05, 4.69) is 12.1 Å². The van der Waals surface area contributed by atoms with Gasteiger partial charge in [0.15, 0.2) is 18.2 Å². The Morgan fingerprint density at radius 2 is 1.72 bits per heavy atom. The lowest BCUT2D eigenvalue weighted by Crippen LogP contribution is -2.32. The number of methoxy groups -OCH3 is 1. The normalized spacial score (nSPS) is 16.3. The molecule has 1 aliphatic rings. The van der Waals surface area contributed by atoms with E-state index in [1.54, 1.807) is 19.2 Å². The standard InChI is InChI=1S/C20H23Cl2NO3.C2H2O4/c1-24-20-12-18(22)8-9-19(20)25-14-23-13-16(3-2-10-26-23)11-15-4-6-17(21)7-5-15;3-1(4)2(5)6/h4-9,12,16H,2-3,10-11,13-14H2,1H3;(H,3,4)(H,5,6). The van der Waals surface area contributed by atoms with Crippen LogP contribution in [0.5, 0.6) is 11.5 Å². The predicted molar refractivity (Wildman–Crippen MR) is 119 cm³/mol. The zero-order valence-corrected chi connectivity index (χ0v) is 19.0. The Morgan fingerprint density at radius 3 is 2.34 bits per heavy atom. The molecule has 32 heavy (non-hydrogen) atoms. The molecule has 2 aromatic carbocycles. The van der Waals surface area contributed by atoms with Gasteiger partial charge in [-0.05, 0) is 55.0 Å². The fourth-order valence-electron chi connectivity index (χ4n) is 3.11. The lowest BCUT2D eigenvalue weighted by Gasteiger charge is -2.23. The van der Waals surface area contributed by atoms with E-state index in [0.717, 1.165) is 30.8 Å². The molecule has 1 aliphatic heterocycles. The van der Waals surface area contributed by atoms with Gasteiger partial charge in [0, 0.05) is 22.7 Å². The molecule has 0 saturated carbocycles. The molecule has 10 heteroatoms. The molecule has 1 heterocycles. The van der Waals surface area contributed by atoms with E-state index in [0.29, 0.717) is 35.8 Å². The van der Waals surface area contributed by atoms with Crippen LogP contribution in [0.1, 0.15) is 18.4 Å². The minimum Gasteiger partial charge on any atom is -0.493 e. The SMILES string of the molecule is COc1cc(Cl)ccc1OCN1CC(Cc2ccc(Cl)cc2)CCCO1.O=C(O)C(=O)O. The van der Waals surface area contributed by atoms with Crippen LogP contribution in [-0.2, 0) is 20.8 Å². The van der Waals surface area contributed by atoms with Gasteiger partial charge < -0.3 is 19.7 Å². The van der Waals surface area contributed by atoms with Gasteiger partial charge in [-0.25, -0.2) is 9.59 Å². The monoisotopic (exact) mass is 485 g/mol. The third-order valence-corrected chi connectivity index (χ3v) is 5.09. The van der Waals surface area contributed by atoms with E-state index in [-0.39, 0.29) is 0 Å². The van der Waals surface area contributed by atoms with Gasteiger partial charge in [0.2, 0.25) is 0 Å². The molecule has 0 aliphatic carbocycles. The number of nitrogens with zero attached hydrogens (tertiary/aromatic N) is 1. The Kier molecular flexibility index (Phi) is 10.6. The van der Waals surface area contributed by atoms with Crippen LogP contribution in [0.2, 0.25) is 10.0 Å². The summed E-state index contributed by atoms with van der Waals surface area (Å²) in [7, 11) is 1.60. The zero-order valence-electron chi connectivity index (χ0n) is 17.5. The van der Waals surface area contributed by atoms with Crippen LogP contribution in [0.25, 0.3) is 0 Å². The number of benzene rings is 2. The number of hydrogen-bond donors (Lipinski definition) is 2. The number of carboxylic acid groups (broad SMARTS) is 2. The molecule has 0 bridgehead atoms. The molecule has 1 saturated heterocycles. The quantitative estimate of drug-likeness (QED) is 0.580. The minimum atomic E-state index is -1.82. The van der Waals surface area contributed by atoms with Crippen LogP contribution < -0.4 is 9.47 Å². The maximum atomic E-state index is 9.10. The lowest BCUT2D eigenvalue weighted by atomic mass is 9.95. The van der Waals surface area contributed by atoms with Crippen molar-refractivity contribution in [2.24, 2.45) is 5.92 Å². The van der Waals surface area contributed by atoms with Crippen molar-refractivity contribution >= 4 is 35.1 Å². The van der Waals surface area contributed by atoms with Gasteiger partial charge in [0.05, 0.1) is 13.7 Å². The number of carboxylic acids is 2. The first-order valence-electron chi connectivity index (χ1n) is 9.83. The molecule has 2 N–H and O–H groups in total. The number of hydroxylamine groups is 2. The summed E-state index contributed by atoms with van der Waals surface area (Å²) < 4.78 is 11.2. The number of aliphatic carboxylic acids is 2. The van der Waals surface area contributed by atoms with E-state index < -0.39 is 11.9 Å². The van der Waals surface area contributed by atoms with Gasteiger partial charge >= 0.3 is 11.9 Å². The number of carbonyl (C=O) groups is 2. The molecule has 1 unspecified atom stereocenters. The van der Waals surface area contributed by atoms with E-state index in [4.69, 9.17) is 57.3 Å². The first-order chi connectivity index (χ1) is 15.3. The van der Waals surface area contributed by atoms with E-state index in [9.17, 15) is 0 Å². The van der Waals surface area contributed by atoms with Crippen molar-refractivity contribution in [2.45, 2.75) is 19.3 Å². The van der Waals surface area contributed by atoms with Crippen LogP contribution in [0, 0.1) is 5.92 Å². The summed E-state index contributed by atoms with van der Waals surface area (Å²) in [6, 6.07) is 13.4. The molecule has 174 valence electrons. The third kappa shape index (κ3) is 8.92. The molecule has 0 radical (unpaired) electrons. The predicted octanol–water partition coefficient (Wildman–Crippen LogP) is 4.38. The maximum Gasteiger partial charge on any atom is 0.414 e. The summed E-state index contributed by atoms with van der Waals surface area (Å²) in [5.41, 5.74) is 1.29. The smallest absolute Gasteiger partial charge is 0.414 e. The van der Waals surface area contributed by atoms with Gasteiger partial charge in [-0.15, -0.1) is 0 Å². The second kappa shape index (κ2) is 13.1. The van der Waals surface area contributed by atoms with Gasteiger partial charge in [-0.2, -0.15) is 5.06 Å². The molecular formula is C22H25Cl2NO7. The molecule has 8 nitrogen and oxygen atoms in total. The highest BCUT2D eigenvalue weighted by Crippen LogP contribution is 2.30. The van der Waals surface area contributed by atoms with E-state index in [1.165, 1.54) is 5.56 Å². The van der Waals surface area contributed by atoms with Crippen molar-refractivity contribution in [1.82, 2.24) is 5.06 Å². The lowest BCUT2D eigenvalue weighted by molar-refractivity contribution is -0.187. The van der Waals surface area contributed by atoms with E-state index >= 15 is 0 Å². The number of rotatable bonds is 6. The molecular weight excluding hydrogens is 461 g/mol. The molecule has 2 aromatic rings. The fraction of sp³-hybridized carbons (Fsp3) is 0.364. The Balaban J connectivity index is 0.000000534. The minimum absolute atomic E-state index is 0.342. The van der Waals surface area contributed by atoms with Crippen LogP contribution in [-0.4, -0.2) is 54.2 Å². The summed E-state index contributed by atoms with van der Waals surface area (Å²) >= 11 is 12.0. The topological polar surface area (TPSA) is 106 Å². The summed E-state index contributed by atoms with van der Waals surface area (Å²) in [6.07, 6.45) is 3.17. The maximum absolute atomic E-state index is 9.10. The summed E-state index contributed by atoms with van der Waals surface area (Å²) in [5.74, 6) is -1.87. The third-order valence-electron chi connectivity index (χ3n) is 4.60. The average Bonchev–Trinajstić information content (AvgIpc) is 2.99. The zero-order chi connectivity index (χ0) is 23.5.